The third-order valence-electron chi connectivity index (χ3n) is 3.79. The van der Waals surface area contributed by atoms with Gasteiger partial charge in [-0.3, -0.25) is 5.32 Å². The van der Waals surface area contributed by atoms with Crippen molar-refractivity contribution < 1.29 is 0 Å². The lowest BCUT2D eigenvalue weighted by Gasteiger charge is -2.29. The highest BCUT2D eigenvalue weighted by atomic mass is 32.2. The molecular formula is C15H28N2S. The van der Waals surface area contributed by atoms with E-state index < -0.39 is 0 Å². The van der Waals surface area contributed by atoms with Gasteiger partial charge in [-0.15, -0.1) is 0 Å². The molecular weight excluding hydrogens is 240 g/mol. The summed E-state index contributed by atoms with van der Waals surface area (Å²) in [6, 6.07) is 2.89. The van der Waals surface area contributed by atoms with Gasteiger partial charge in [0.2, 0.25) is 0 Å². The molecule has 0 heterocycles. The summed E-state index contributed by atoms with van der Waals surface area (Å²) in [5, 5.41) is 13.8. The molecule has 3 heteroatoms. The van der Waals surface area contributed by atoms with E-state index in [0.717, 1.165) is 24.5 Å². The summed E-state index contributed by atoms with van der Waals surface area (Å²) in [5.74, 6) is 1.22. The summed E-state index contributed by atoms with van der Waals surface area (Å²) in [7, 11) is 0. The summed E-state index contributed by atoms with van der Waals surface area (Å²) in [6.07, 6.45) is 8.70. The van der Waals surface area contributed by atoms with Gasteiger partial charge in [-0.25, -0.2) is 0 Å². The van der Waals surface area contributed by atoms with Gasteiger partial charge in [0.05, 0.1) is 6.07 Å². The van der Waals surface area contributed by atoms with Gasteiger partial charge in [0.15, 0.2) is 0 Å². The van der Waals surface area contributed by atoms with Gasteiger partial charge in [0.1, 0.15) is 5.54 Å². The molecule has 0 aliphatic heterocycles. The molecule has 0 aromatic rings. The van der Waals surface area contributed by atoms with Crippen LogP contribution in [0.4, 0.5) is 0 Å². The first-order valence-electron chi connectivity index (χ1n) is 7.42. The highest BCUT2D eigenvalue weighted by molar-refractivity contribution is 7.99. The first-order valence-corrected chi connectivity index (χ1v) is 8.47. The summed E-state index contributed by atoms with van der Waals surface area (Å²) in [5.41, 5.74) is -0.301. The highest BCUT2D eigenvalue weighted by Gasteiger charge is 2.27. The van der Waals surface area contributed by atoms with Crippen LogP contribution in [0.15, 0.2) is 0 Å². The molecule has 1 aliphatic rings. The summed E-state index contributed by atoms with van der Waals surface area (Å²) in [6.45, 7) is 6.35. The van der Waals surface area contributed by atoms with Gasteiger partial charge in [0, 0.05) is 11.3 Å². The molecule has 104 valence electrons. The first-order chi connectivity index (χ1) is 8.62. The van der Waals surface area contributed by atoms with Crippen LogP contribution in [0.25, 0.3) is 0 Å². The van der Waals surface area contributed by atoms with Crippen LogP contribution in [-0.4, -0.2) is 22.6 Å². The van der Waals surface area contributed by atoms with Gasteiger partial charge >= 0.3 is 0 Å². The molecule has 1 saturated carbocycles. The van der Waals surface area contributed by atoms with Crippen molar-refractivity contribution in [2.24, 2.45) is 0 Å². The number of nitriles is 1. The van der Waals surface area contributed by atoms with E-state index in [-0.39, 0.29) is 5.54 Å². The molecule has 0 saturated heterocycles. The molecule has 1 rings (SSSR count). The molecule has 0 radical (unpaired) electrons. The van der Waals surface area contributed by atoms with E-state index >= 15 is 0 Å². The topological polar surface area (TPSA) is 35.8 Å². The van der Waals surface area contributed by atoms with Crippen LogP contribution in [0, 0.1) is 11.3 Å². The van der Waals surface area contributed by atoms with E-state index in [2.05, 4.69) is 43.9 Å². The molecule has 0 aromatic heterocycles. The fourth-order valence-electron chi connectivity index (χ4n) is 2.75. The van der Waals surface area contributed by atoms with E-state index in [0.29, 0.717) is 6.04 Å². The van der Waals surface area contributed by atoms with Gasteiger partial charge < -0.3 is 0 Å². The average molecular weight is 268 g/mol. The van der Waals surface area contributed by atoms with Crippen LogP contribution in [0.5, 0.6) is 0 Å². The highest BCUT2D eigenvalue weighted by Crippen LogP contribution is 2.30. The minimum absolute atomic E-state index is 0.301. The maximum absolute atomic E-state index is 9.42. The molecule has 18 heavy (non-hydrogen) atoms. The lowest BCUT2D eigenvalue weighted by atomic mass is 9.91. The smallest absolute Gasteiger partial charge is 0.106 e. The minimum Gasteiger partial charge on any atom is -0.297 e. The van der Waals surface area contributed by atoms with Gasteiger partial charge in [-0.1, -0.05) is 19.8 Å². The lowest BCUT2D eigenvalue weighted by molar-refractivity contribution is 0.341. The zero-order chi connectivity index (χ0) is 13.4. The second-order valence-corrected chi connectivity index (χ2v) is 7.14. The Morgan fingerprint density at radius 3 is 2.56 bits per heavy atom. The molecule has 1 unspecified atom stereocenters. The number of rotatable bonds is 8. The number of hydrogen-bond donors (Lipinski definition) is 1. The number of nitrogens with zero attached hydrogens (tertiary/aromatic N) is 1. The predicted octanol–water partition coefficient (Wildman–Crippen LogP) is 4.11. The maximum Gasteiger partial charge on any atom is 0.106 e. The fraction of sp³-hybridized carbons (Fsp3) is 0.933. The molecule has 1 atom stereocenters. The van der Waals surface area contributed by atoms with Gasteiger partial charge in [-0.2, -0.15) is 17.0 Å². The van der Waals surface area contributed by atoms with Crippen molar-refractivity contribution in [1.82, 2.24) is 5.32 Å². The molecule has 2 nitrogen and oxygen atoms in total. The Balaban J connectivity index is 2.26. The summed E-state index contributed by atoms with van der Waals surface area (Å²) >= 11 is 2.13. The van der Waals surface area contributed by atoms with Crippen LogP contribution in [0.1, 0.15) is 65.7 Å². The van der Waals surface area contributed by atoms with Gasteiger partial charge in [0.25, 0.3) is 0 Å². The van der Waals surface area contributed by atoms with Crippen molar-refractivity contribution in [3.8, 4) is 6.07 Å². The molecule has 0 amide bonds. The number of nitrogens with one attached hydrogen (secondary N) is 1. The van der Waals surface area contributed by atoms with Crippen LogP contribution >= 0.6 is 11.8 Å². The van der Waals surface area contributed by atoms with Crippen molar-refractivity contribution in [3.05, 3.63) is 0 Å². The van der Waals surface area contributed by atoms with E-state index in [9.17, 15) is 5.26 Å². The Bertz CT molecular complexity index is 266. The second kappa shape index (κ2) is 8.07. The number of hydrogen-bond acceptors (Lipinski definition) is 3. The second-order valence-electron chi connectivity index (χ2n) is 5.73. The van der Waals surface area contributed by atoms with Gasteiger partial charge in [-0.05, 0) is 51.7 Å². The summed E-state index contributed by atoms with van der Waals surface area (Å²) < 4.78 is 0. The SMILES string of the molecule is CCC(C#N)(CCCSC1CCCC1)NC(C)C. The minimum atomic E-state index is -0.301. The third-order valence-corrected chi connectivity index (χ3v) is 5.25. The van der Waals surface area contributed by atoms with E-state index in [4.69, 9.17) is 0 Å². The Morgan fingerprint density at radius 2 is 2.06 bits per heavy atom. The van der Waals surface area contributed by atoms with E-state index in [1.807, 2.05) is 0 Å². The van der Waals surface area contributed by atoms with Crippen molar-refractivity contribution in [2.75, 3.05) is 5.75 Å². The largest absolute Gasteiger partial charge is 0.297 e. The third kappa shape index (κ3) is 5.20. The quantitative estimate of drug-likeness (QED) is 0.673. The molecule has 0 bridgehead atoms. The van der Waals surface area contributed by atoms with Crippen molar-refractivity contribution in [3.63, 3.8) is 0 Å². The van der Waals surface area contributed by atoms with Crippen molar-refractivity contribution >= 4 is 11.8 Å². The molecule has 0 spiro atoms. The maximum atomic E-state index is 9.42. The zero-order valence-electron chi connectivity index (χ0n) is 12.2. The van der Waals surface area contributed by atoms with E-state index in [1.54, 1.807) is 0 Å². The number of thioether (sulfide) groups is 1. The van der Waals surface area contributed by atoms with Crippen molar-refractivity contribution in [2.45, 2.75) is 82.5 Å². The molecule has 0 aromatic carbocycles. The Kier molecular flexibility index (Phi) is 7.11. The lowest BCUT2D eigenvalue weighted by Crippen LogP contribution is -2.47. The van der Waals surface area contributed by atoms with E-state index in [1.165, 1.54) is 31.4 Å². The Hall–Kier alpha value is -0.200. The van der Waals surface area contributed by atoms with Crippen LogP contribution < -0.4 is 5.32 Å². The normalized spacial score (nSPS) is 19.9. The predicted molar refractivity (Wildman–Crippen MR) is 80.9 cm³/mol. The monoisotopic (exact) mass is 268 g/mol. The van der Waals surface area contributed by atoms with Crippen molar-refractivity contribution in [1.29, 1.82) is 5.26 Å². The zero-order valence-corrected chi connectivity index (χ0v) is 13.0. The fourth-order valence-corrected chi connectivity index (χ4v) is 4.06. The standard InChI is InChI=1S/C15H28N2S/c1-4-15(12-16,17-13(2)3)10-7-11-18-14-8-5-6-9-14/h13-14,17H,4-11H2,1-3H3. The average Bonchev–Trinajstić information content (AvgIpc) is 2.85. The molecule has 1 fully saturated rings. The Labute approximate surface area is 117 Å². The first kappa shape index (κ1) is 15.9. The molecule has 1 aliphatic carbocycles. The summed E-state index contributed by atoms with van der Waals surface area (Å²) in [4.78, 5) is 0. The molecule has 1 N–H and O–H groups in total. The van der Waals surface area contributed by atoms with Crippen LogP contribution in [0.2, 0.25) is 0 Å². The van der Waals surface area contributed by atoms with Crippen LogP contribution in [-0.2, 0) is 0 Å². The van der Waals surface area contributed by atoms with Crippen LogP contribution in [0.3, 0.4) is 0 Å². The Morgan fingerprint density at radius 1 is 1.39 bits per heavy atom.